The molecule has 24 heavy (non-hydrogen) atoms. The molecule has 0 spiro atoms. The molecule has 122 valence electrons. The number of fused-ring (bicyclic) bond motifs is 1. The van der Waals surface area contributed by atoms with Gasteiger partial charge in [0.15, 0.2) is 0 Å². The molecule has 0 unspecified atom stereocenters. The maximum absolute atomic E-state index is 2.33. The average molecular weight is 316 g/mol. The molecule has 0 aliphatic carbocycles. The molecule has 0 aromatic heterocycles. The van der Waals surface area contributed by atoms with Crippen LogP contribution in [-0.4, -0.2) is 13.7 Å². The number of benzene rings is 3. The van der Waals surface area contributed by atoms with E-state index in [2.05, 4.69) is 110 Å². The van der Waals surface area contributed by atoms with Crippen LogP contribution in [0.15, 0.2) is 78.9 Å². The first kappa shape index (κ1) is 16.1. The molecule has 3 aromatic carbocycles. The van der Waals surface area contributed by atoms with Crippen LogP contribution in [-0.2, 0) is 0 Å². The summed E-state index contributed by atoms with van der Waals surface area (Å²) in [6, 6.07) is 27.5. The average Bonchev–Trinajstić information content (AvgIpc) is 2.94. The topological polar surface area (TPSA) is 6.48 Å². The van der Waals surface area contributed by atoms with Gasteiger partial charge < -0.3 is 9.80 Å². The van der Waals surface area contributed by atoms with Crippen molar-refractivity contribution in [3.05, 3.63) is 90.0 Å². The standard InChI is InChI=1S/C14H14N2.C8H10/c1-15-11-16(12-7-3-2-4-8-12)14-10-6-5-9-13(14)15;1-7-4-3-5-8(2)6-7/h2-10H,11H2,1H3;3-6H,1-2H3. The summed E-state index contributed by atoms with van der Waals surface area (Å²) < 4.78 is 0. The van der Waals surface area contributed by atoms with Crippen molar-refractivity contribution >= 4 is 17.1 Å². The second-order valence-electron chi connectivity index (χ2n) is 6.25. The Hall–Kier alpha value is -2.74. The van der Waals surface area contributed by atoms with Gasteiger partial charge in [-0.15, -0.1) is 0 Å². The zero-order valence-electron chi connectivity index (χ0n) is 14.6. The van der Waals surface area contributed by atoms with Crippen LogP contribution in [0.5, 0.6) is 0 Å². The largest absolute Gasteiger partial charge is 0.355 e. The highest BCUT2D eigenvalue weighted by molar-refractivity contribution is 5.81. The molecule has 0 amide bonds. The van der Waals surface area contributed by atoms with Gasteiger partial charge in [-0.1, -0.05) is 65.7 Å². The van der Waals surface area contributed by atoms with E-state index in [1.54, 1.807) is 0 Å². The monoisotopic (exact) mass is 316 g/mol. The summed E-state index contributed by atoms with van der Waals surface area (Å²) in [4.78, 5) is 4.59. The normalized spacial score (nSPS) is 12.5. The first-order valence-electron chi connectivity index (χ1n) is 8.31. The fraction of sp³-hybridized carbons (Fsp3) is 0.182. The maximum Gasteiger partial charge on any atom is 0.0950 e. The molecule has 0 N–H and O–H groups in total. The molecule has 0 saturated carbocycles. The van der Waals surface area contributed by atoms with Gasteiger partial charge in [0, 0.05) is 12.7 Å². The number of nitrogens with zero attached hydrogens (tertiary/aromatic N) is 2. The Morgan fingerprint density at radius 3 is 1.83 bits per heavy atom. The first-order chi connectivity index (χ1) is 11.6. The van der Waals surface area contributed by atoms with Crippen molar-refractivity contribution in [3.63, 3.8) is 0 Å². The molecule has 0 fully saturated rings. The van der Waals surface area contributed by atoms with E-state index in [0.29, 0.717) is 0 Å². The molecule has 0 saturated heterocycles. The van der Waals surface area contributed by atoms with E-state index >= 15 is 0 Å². The van der Waals surface area contributed by atoms with Gasteiger partial charge in [-0.2, -0.15) is 0 Å². The maximum atomic E-state index is 2.33. The third-order valence-electron chi connectivity index (χ3n) is 4.18. The van der Waals surface area contributed by atoms with Crippen LogP contribution in [0.2, 0.25) is 0 Å². The van der Waals surface area contributed by atoms with Crippen LogP contribution in [0.4, 0.5) is 17.1 Å². The van der Waals surface area contributed by atoms with Gasteiger partial charge in [0.1, 0.15) is 0 Å². The van der Waals surface area contributed by atoms with Crippen LogP contribution >= 0.6 is 0 Å². The van der Waals surface area contributed by atoms with Gasteiger partial charge in [-0.25, -0.2) is 0 Å². The molecule has 0 atom stereocenters. The Morgan fingerprint density at radius 2 is 1.25 bits per heavy atom. The lowest BCUT2D eigenvalue weighted by molar-refractivity contribution is 0.950. The van der Waals surface area contributed by atoms with Crippen molar-refractivity contribution in [3.8, 4) is 0 Å². The minimum atomic E-state index is 0.920. The molecule has 3 aromatic rings. The van der Waals surface area contributed by atoms with Gasteiger partial charge in [0.2, 0.25) is 0 Å². The summed E-state index contributed by atoms with van der Waals surface area (Å²) in [7, 11) is 2.13. The summed E-state index contributed by atoms with van der Waals surface area (Å²) in [6.07, 6.45) is 0. The summed E-state index contributed by atoms with van der Waals surface area (Å²) in [6.45, 7) is 5.13. The van der Waals surface area contributed by atoms with E-state index in [-0.39, 0.29) is 0 Å². The van der Waals surface area contributed by atoms with Crippen LogP contribution in [0, 0.1) is 13.8 Å². The van der Waals surface area contributed by atoms with Gasteiger partial charge >= 0.3 is 0 Å². The lowest BCUT2D eigenvalue weighted by Gasteiger charge is -2.19. The molecule has 1 heterocycles. The van der Waals surface area contributed by atoms with E-state index in [4.69, 9.17) is 0 Å². The van der Waals surface area contributed by atoms with Crippen molar-refractivity contribution < 1.29 is 0 Å². The molecule has 1 aliphatic heterocycles. The Bertz CT molecular complexity index is 779. The number of aryl methyl sites for hydroxylation is 2. The van der Waals surface area contributed by atoms with Crippen molar-refractivity contribution in [2.45, 2.75) is 13.8 Å². The van der Waals surface area contributed by atoms with Gasteiger partial charge in [0.25, 0.3) is 0 Å². The highest BCUT2D eigenvalue weighted by Crippen LogP contribution is 2.38. The molecule has 1 aliphatic rings. The SMILES string of the molecule is CN1CN(c2ccccc2)c2ccccc21.Cc1cccc(C)c1. The molecule has 2 heteroatoms. The third kappa shape index (κ3) is 3.60. The van der Waals surface area contributed by atoms with E-state index in [1.807, 2.05) is 0 Å². The highest BCUT2D eigenvalue weighted by atomic mass is 15.4. The Kier molecular flexibility index (Phi) is 4.85. The van der Waals surface area contributed by atoms with Crippen LogP contribution < -0.4 is 9.80 Å². The quantitative estimate of drug-likeness (QED) is 0.582. The van der Waals surface area contributed by atoms with Crippen LogP contribution in [0.1, 0.15) is 11.1 Å². The fourth-order valence-corrected chi connectivity index (χ4v) is 3.02. The van der Waals surface area contributed by atoms with Crippen LogP contribution in [0.25, 0.3) is 0 Å². The van der Waals surface area contributed by atoms with Crippen molar-refractivity contribution in [1.29, 1.82) is 0 Å². The minimum Gasteiger partial charge on any atom is -0.355 e. The Morgan fingerprint density at radius 1 is 0.667 bits per heavy atom. The van der Waals surface area contributed by atoms with Gasteiger partial charge in [-0.3, -0.25) is 0 Å². The number of para-hydroxylation sites is 3. The molecule has 2 nitrogen and oxygen atoms in total. The number of hydrogen-bond acceptors (Lipinski definition) is 2. The van der Waals surface area contributed by atoms with Gasteiger partial charge in [0.05, 0.1) is 18.0 Å². The Balaban J connectivity index is 0.000000179. The summed E-state index contributed by atoms with van der Waals surface area (Å²) >= 11 is 0. The van der Waals surface area contributed by atoms with Crippen molar-refractivity contribution in [2.75, 3.05) is 23.5 Å². The predicted octanol–water partition coefficient (Wildman–Crippen LogP) is 5.54. The zero-order chi connectivity index (χ0) is 16.9. The van der Waals surface area contributed by atoms with Gasteiger partial charge in [-0.05, 0) is 38.1 Å². The molecule has 0 radical (unpaired) electrons. The fourth-order valence-electron chi connectivity index (χ4n) is 3.02. The molecule has 0 bridgehead atoms. The third-order valence-corrected chi connectivity index (χ3v) is 4.18. The van der Waals surface area contributed by atoms with Crippen LogP contribution in [0.3, 0.4) is 0 Å². The first-order valence-corrected chi connectivity index (χ1v) is 8.31. The number of anilines is 3. The second-order valence-corrected chi connectivity index (χ2v) is 6.25. The van der Waals surface area contributed by atoms with E-state index in [0.717, 1.165) is 6.67 Å². The summed E-state index contributed by atoms with van der Waals surface area (Å²) in [5.41, 5.74) is 6.51. The summed E-state index contributed by atoms with van der Waals surface area (Å²) in [5.74, 6) is 0. The lowest BCUT2D eigenvalue weighted by Crippen LogP contribution is -2.23. The predicted molar refractivity (Wildman–Crippen MR) is 104 cm³/mol. The highest BCUT2D eigenvalue weighted by Gasteiger charge is 2.23. The second kappa shape index (κ2) is 7.22. The molecular formula is C22H24N2. The lowest BCUT2D eigenvalue weighted by atomic mass is 10.2. The van der Waals surface area contributed by atoms with Crippen molar-refractivity contribution in [2.24, 2.45) is 0 Å². The zero-order valence-corrected chi connectivity index (χ0v) is 14.6. The van der Waals surface area contributed by atoms with E-state index < -0.39 is 0 Å². The molecular weight excluding hydrogens is 292 g/mol. The minimum absolute atomic E-state index is 0.920. The summed E-state index contributed by atoms with van der Waals surface area (Å²) in [5, 5.41) is 0. The van der Waals surface area contributed by atoms with Crippen molar-refractivity contribution in [1.82, 2.24) is 0 Å². The molecule has 4 rings (SSSR count). The number of rotatable bonds is 1. The van der Waals surface area contributed by atoms with E-state index in [1.165, 1.54) is 28.2 Å². The number of hydrogen-bond donors (Lipinski definition) is 0. The van der Waals surface area contributed by atoms with E-state index in [9.17, 15) is 0 Å². The Labute approximate surface area is 145 Å². The smallest absolute Gasteiger partial charge is 0.0950 e.